The molecule has 8 heteroatoms. The normalized spacial score (nSPS) is 14.3. The van der Waals surface area contributed by atoms with E-state index in [9.17, 15) is 4.79 Å². The van der Waals surface area contributed by atoms with Crippen LogP contribution >= 0.6 is 23.2 Å². The van der Waals surface area contributed by atoms with Gasteiger partial charge in [0.05, 0.1) is 29.6 Å². The standard InChI is InChI=1S/C15H18Cl2N4O2/c1-2-6-23-7-3-12(22)20-4-5-21-11(9-20)19-14-13(17)10(16)8-18-15(14)21/h8H,2-7,9H2,1H3. The Morgan fingerprint density at radius 2 is 2.17 bits per heavy atom. The highest BCUT2D eigenvalue weighted by molar-refractivity contribution is 6.44. The summed E-state index contributed by atoms with van der Waals surface area (Å²) in [6.07, 6.45) is 2.88. The number of carbonyl (C=O) groups excluding carboxylic acids is 1. The van der Waals surface area contributed by atoms with Crippen molar-refractivity contribution in [1.82, 2.24) is 19.4 Å². The highest BCUT2D eigenvalue weighted by Crippen LogP contribution is 2.30. The zero-order valence-electron chi connectivity index (χ0n) is 12.9. The topological polar surface area (TPSA) is 60.2 Å². The van der Waals surface area contributed by atoms with Crippen molar-refractivity contribution in [1.29, 1.82) is 0 Å². The van der Waals surface area contributed by atoms with Gasteiger partial charge in [-0.05, 0) is 6.42 Å². The van der Waals surface area contributed by atoms with Crippen molar-refractivity contribution in [2.24, 2.45) is 0 Å². The summed E-state index contributed by atoms with van der Waals surface area (Å²) < 4.78 is 7.38. The van der Waals surface area contributed by atoms with Crippen LogP contribution in [0.1, 0.15) is 25.6 Å². The van der Waals surface area contributed by atoms with Crippen LogP contribution in [0.15, 0.2) is 6.20 Å². The van der Waals surface area contributed by atoms with E-state index >= 15 is 0 Å². The van der Waals surface area contributed by atoms with Crippen LogP contribution in [-0.2, 0) is 22.6 Å². The second kappa shape index (κ2) is 7.03. The van der Waals surface area contributed by atoms with Crippen LogP contribution < -0.4 is 0 Å². The molecular formula is C15H18Cl2N4O2. The third kappa shape index (κ3) is 3.29. The Bertz CT molecular complexity index is 732. The smallest absolute Gasteiger partial charge is 0.225 e. The Labute approximate surface area is 144 Å². The minimum atomic E-state index is 0.0801. The third-order valence-corrected chi connectivity index (χ3v) is 4.59. The van der Waals surface area contributed by atoms with Gasteiger partial charge in [0.15, 0.2) is 5.65 Å². The van der Waals surface area contributed by atoms with E-state index in [1.165, 1.54) is 6.20 Å². The van der Waals surface area contributed by atoms with E-state index < -0.39 is 0 Å². The van der Waals surface area contributed by atoms with Gasteiger partial charge >= 0.3 is 0 Å². The van der Waals surface area contributed by atoms with E-state index in [1.807, 2.05) is 11.5 Å². The fraction of sp³-hybridized carbons (Fsp3) is 0.533. The summed E-state index contributed by atoms with van der Waals surface area (Å²) in [7, 11) is 0. The molecule has 0 fully saturated rings. The number of halogens is 2. The number of carbonyl (C=O) groups is 1. The fourth-order valence-corrected chi connectivity index (χ4v) is 2.97. The van der Waals surface area contributed by atoms with Crippen molar-refractivity contribution in [2.75, 3.05) is 19.8 Å². The first kappa shape index (κ1) is 16.5. The molecule has 3 heterocycles. The van der Waals surface area contributed by atoms with E-state index in [0.717, 1.165) is 12.2 Å². The number of rotatable bonds is 5. The monoisotopic (exact) mass is 356 g/mol. The van der Waals surface area contributed by atoms with Gasteiger partial charge in [-0.15, -0.1) is 0 Å². The zero-order valence-corrected chi connectivity index (χ0v) is 14.4. The second-order valence-electron chi connectivity index (χ2n) is 5.45. The summed E-state index contributed by atoms with van der Waals surface area (Å²) in [4.78, 5) is 22.9. The van der Waals surface area contributed by atoms with E-state index in [-0.39, 0.29) is 5.91 Å². The number of aromatic nitrogens is 3. The Hall–Kier alpha value is -1.37. The van der Waals surface area contributed by atoms with Crippen LogP contribution in [0.5, 0.6) is 0 Å². The number of fused-ring (bicyclic) bond motifs is 3. The number of amides is 1. The molecule has 6 nitrogen and oxygen atoms in total. The van der Waals surface area contributed by atoms with Gasteiger partial charge in [0, 0.05) is 25.9 Å². The molecule has 1 aliphatic heterocycles. The van der Waals surface area contributed by atoms with Crippen LogP contribution in [0, 0.1) is 0 Å². The van der Waals surface area contributed by atoms with Crippen LogP contribution in [0.3, 0.4) is 0 Å². The number of ether oxygens (including phenoxy) is 1. The molecule has 1 amide bonds. The van der Waals surface area contributed by atoms with E-state index in [4.69, 9.17) is 27.9 Å². The van der Waals surface area contributed by atoms with Gasteiger partial charge in [0.25, 0.3) is 0 Å². The Kier molecular flexibility index (Phi) is 5.04. The van der Waals surface area contributed by atoms with Crippen LogP contribution in [0.4, 0.5) is 0 Å². The molecular weight excluding hydrogens is 339 g/mol. The highest BCUT2D eigenvalue weighted by Gasteiger charge is 2.25. The maximum absolute atomic E-state index is 12.3. The molecule has 0 atom stereocenters. The largest absolute Gasteiger partial charge is 0.381 e. The van der Waals surface area contributed by atoms with E-state index in [0.29, 0.717) is 60.5 Å². The lowest BCUT2D eigenvalue weighted by Crippen LogP contribution is -2.38. The molecule has 2 aromatic rings. The first-order valence-electron chi connectivity index (χ1n) is 7.66. The molecule has 23 heavy (non-hydrogen) atoms. The molecule has 0 bridgehead atoms. The average Bonchev–Trinajstić information content (AvgIpc) is 2.93. The summed E-state index contributed by atoms with van der Waals surface area (Å²) in [5.74, 6) is 0.863. The molecule has 0 radical (unpaired) electrons. The van der Waals surface area contributed by atoms with Gasteiger partial charge in [-0.1, -0.05) is 30.1 Å². The molecule has 0 saturated heterocycles. The van der Waals surface area contributed by atoms with Crippen molar-refractivity contribution in [3.05, 3.63) is 22.1 Å². The van der Waals surface area contributed by atoms with Crippen molar-refractivity contribution in [2.45, 2.75) is 32.9 Å². The summed E-state index contributed by atoms with van der Waals surface area (Å²) >= 11 is 12.2. The predicted molar refractivity (Wildman–Crippen MR) is 88.7 cm³/mol. The molecule has 1 aliphatic rings. The van der Waals surface area contributed by atoms with E-state index in [1.54, 1.807) is 4.90 Å². The third-order valence-electron chi connectivity index (χ3n) is 3.82. The molecule has 2 aromatic heterocycles. The summed E-state index contributed by atoms with van der Waals surface area (Å²) in [5.41, 5.74) is 1.31. The van der Waals surface area contributed by atoms with Gasteiger partial charge in [-0.3, -0.25) is 4.79 Å². The Morgan fingerprint density at radius 3 is 2.96 bits per heavy atom. The summed E-state index contributed by atoms with van der Waals surface area (Å²) in [6.45, 7) is 4.93. The fourth-order valence-electron chi connectivity index (χ4n) is 2.66. The number of hydrogen-bond donors (Lipinski definition) is 0. The van der Waals surface area contributed by atoms with Crippen molar-refractivity contribution >= 4 is 40.3 Å². The first-order valence-corrected chi connectivity index (χ1v) is 8.42. The van der Waals surface area contributed by atoms with Gasteiger partial charge in [-0.25, -0.2) is 9.97 Å². The Morgan fingerprint density at radius 1 is 1.35 bits per heavy atom. The summed E-state index contributed by atoms with van der Waals surface area (Å²) in [6, 6.07) is 0. The van der Waals surface area contributed by atoms with Gasteiger partial charge in [-0.2, -0.15) is 0 Å². The van der Waals surface area contributed by atoms with Crippen LogP contribution in [0.2, 0.25) is 10.0 Å². The molecule has 0 spiro atoms. The lowest BCUT2D eigenvalue weighted by molar-refractivity contribution is -0.133. The number of imidazole rings is 1. The maximum Gasteiger partial charge on any atom is 0.225 e. The number of hydrogen-bond acceptors (Lipinski definition) is 4. The summed E-state index contributed by atoms with van der Waals surface area (Å²) in [5, 5.41) is 0.792. The molecule has 0 unspecified atom stereocenters. The Balaban J connectivity index is 1.73. The molecule has 124 valence electrons. The van der Waals surface area contributed by atoms with Crippen molar-refractivity contribution in [3.63, 3.8) is 0 Å². The molecule has 0 saturated carbocycles. The minimum Gasteiger partial charge on any atom is -0.381 e. The average molecular weight is 357 g/mol. The molecule has 3 rings (SSSR count). The lowest BCUT2D eigenvalue weighted by atomic mass is 10.3. The number of pyridine rings is 1. The highest BCUT2D eigenvalue weighted by atomic mass is 35.5. The van der Waals surface area contributed by atoms with Crippen molar-refractivity contribution in [3.8, 4) is 0 Å². The van der Waals surface area contributed by atoms with Crippen molar-refractivity contribution < 1.29 is 9.53 Å². The molecule has 0 N–H and O–H groups in total. The minimum absolute atomic E-state index is 0.0801. The first-order chi connectivity index (χ1) is 11.1. The van der Waals surface area contributed by atoms with Crippen LogP contribution in [-0.4, -0.2) is 45.1 Å². The number of nitrogens with zero attached hydrogens (tertiary/aromatic N) is 4. The quantitative estimate of drug-likeness (QED) is 0.772. The lowest BCUT2D eigenvalue weighted by Gasteiger charge is -2.27. The second-order valence-corrected chi connectivity index (χ2v) is 6.23. The zero-order chi connectivity index (χ0) is 16.4. The molecule has 0 aromatic carbocycles. The van der Waals surface area contributed by atoms with Gasteiger partial charge in [0.1, 0.15) is 11.3 Å². The maximum atomic E-state index is 12.3. The van der Waals surface area contributed by atoms with Gasteiger partial charge < -0.3 is 14.2 Å². The van der Waals surface area contributed by atoms with Crippen LogP contribution in [0.25, 0.3) is 11.2 Å². The predicted octanol–water partition coefficient (Wildman–Crippen LogP) is 2.90. The SMILES string of the molecule is CCCOCCC(=O)N1CCn2c(nc3c(Cl)c(Cl)cnc32)C1. The van der Waals surface area contributed by atoms with E-state index in [2.05, 4.69) is 9.97 Å². The van der Waals surface area contributed by atoms with Gasteiger partial charge in [0.2, 0.25) is 5.91 Å². The molecule has 0 aliphatic carbocycles.